The Labute approximate surface area is 168 Å². The van der Waals surface area contributed by atoms with Gasteiger partial charge in [-0.3, -0.25) is 9.59 Å². The number of anilines is 2. The molecule has 7 heteroatoms. The van der Waals surface area contributed by atoms with Crippen molar-refractivity contribution in [1.82, 2.24) is 0 Å². The second-order valence-corrected chi connectivity index (χ2v) is 7.74. The smallest absolute Gasteiger partial charge is 0.237 e. The average Bonchev–Trinajstić information content (AvgIpc) is 2.63. The average molecular weight is 407 g/mol. The first-order valence-electron chi connectivity index (χ1n) is 8.64. The van der Waals surface area contributed by atoms with Gasteiger partial charge in [0.2, 0.25) is 11.8 Å². The van der Waals surface area contributed by atoms with E-state index in [-0.39, 0.29) is 17.1 Å². The number of nitrogens with one attached hydrogen (secondary N) is 2. The van der Waals surface area contributed by atoms with Crippen LogP contribution < -0.4 is 15.4 Å². The lowest BCUT2D eigenvalue weighted by Gasteiger charge is -2.13. The lowest BCUT2D eigenvalue weighted by atomic mass is 10.3. The molecule has 144 valence electrons. The summed E-state index contributed by atoms with van der Waals surface area (Å²) in [5, 5.41) is 5.83. The molecule has 27 heavy (non-hydrogen) atoms. The van der Waals surface area contributed by atoms with Crippen LogP contribution in [0.1, 0.15) is 26.7 Å². The number of benzene rings is 2. The number of halogens is 1. The van der Waals surface area contributed by atoms with E-state index in [1.165, 1.54) is 11.8 Å². The Kier molecular flexibility index (Phi) is 8.00. The van der Waals surface area contributed by atoms with Crippen molar-refractivity contribution >= 4 is 46.6 Å². The predicted octanol–water partition coefficient (Wildman–Crippen LogP) is 5.21. The molecular weight excluding hydrogens is 384 g/mol. The van der Waals surface area contributed by atoms with Gasteiger partial charge in [-0.25, -0.2) is 0 Å². The first-order valence-corrected chi connectivity index (χ1v) is 9.89. The highest BCUT2D eigenvalue weighted by Crippen LogP contribution is 2.29. The van der Waals surface area contributed by atoms with Gasteiger partial charge < -0.3 is 15.4 Å². The van der Waals surface area contributed by atoms with Crippen molar-refractivity contribution in [3.05, 3.63) is 47.5 Å². The molecule has 1 unspecified atom stereocenters. The molecule has 0 spiro atoms. The fourth-order valence-corrected chi connectivity index (χ4v) is 3.44. The Bertz CT molecular complexity index is 796. The molecule has 2 rings (SSSR count). The van der Waals surface area contributed by atoms with Crippen LogP contribution in [-0.2, 0) is 9.59 Å². The lowest BCUT2D eigenvalue weighted by Crippen LogP contribution is -2.22. The molecule has 0 saturated heterocycles. The highest BCUT2D eigenvalue weighted by molar-refractivity contribution is 8.00. The molecule has 5 nitrogen and oxygen atoms in total. The van der Waals surface area contributed by atoms with Crippen molar-refractivity contribution in [2.45, 2.75) is 36.8 Å². The van der Waals surface area contributed by atoms with E-state index in [2.05, 4.69) is 10.6 Å². The Morgan fingerprint density at radius 1 is 1.11 bits per heavy atom. The molecule has 0 radical (unpaired) electrons. The molecule has 2 aromatic carbocycles. The van der Waals surface area contributed by atoms with Crippen LogP contribution in [0, 0.1) is 0 Å². The first kappa shape index (κ1) is 21.1. The van der Waals surface area contributed by atoms with E-state index in [9.17, 15) is 9.59 Å². The van der Waals surface area contributed by atoms with Crippen molar-refractivity contribution in [1.29, 1.82) is 0 Å². The minimum absolute atomic E-state index is 0.00352. The van der Waals surface area contributed by atoms with Crippen LogP contribution in [-0.4, -0.2) is 24.2 Å². The number of thioether (sulfide) groups is 1. The minimum atomic E-state index is -0.300. The third-order valence-corrected chi connectivity index (χ3v) is 5.12. The number of carbonyl (C=O) groups excluding carboxylic acids is 2. The van der Waals surface area contributed by atoms with Gasteiger partial charge in [0, 0.05) is 22.7 Å². The number of hydrogen-bond donors (Lipinski definition) is 2. The molecule has 0 aliphatic heterocycles. The molecule has 2 N–H and O–H groups in total. The number of hydrogen-bond acceptors (Lipinski definition) is 4. The zero-order chi connectivity index (χ0) is 19.8. The maximum absolute atomic E-state index is 12.4. The van der Waals surface area contributed by atoms with Crippen molar-refractivity contribution in [3.63, 3.8) is 0 Å². The number of methoxy groups -OCH3 is 1. The summed E-state index contributed by atoms with van der Waals surface area (Å²) in [4.78, 5) is 25.0. The van der Waals surface area contributed by atoms with Gasteiger partial charge in [0.05, 0.1) is 17.4 Å². The molecule has 2 aromatic rings. The van der Waals surface area contributed by atoms with Crippen LogP contribution in [0.2, 0.25) is 5.02 Å². The number of carbonyl (C=O) groups is 2. The Morgan fingerprint density at radius 3 is 2.37 bits per heavy atom. The highest BCUT2D eigenvalue weighted by Gasteiger charge is 2.15. The summed E-state index contributed by atoms with van der Waals surface area (Å²) in [7, 11) is 1.54. The summed E-state index contributed by atoms with van der Waals surface area (Å²) in [5.74, 6) is 0.438. The standard InChI is InChI=1S/C20H23ClN2O3S/c1-4-5-19(24)22-14-6-9-16(10-7-14)27-13(2)20(25)23-15-8-11-18(26-3)17(21)12-15/h6-13H,4-5H2,1-3H3,(H,22,24)(H,23,25). The molecule has 0 saturated carbocycles. The predicted molar refractivity (Wildman–Crippen MR) is 112 cm³/mol. The monoisotopic (exact) mass is 406 g/mol. The number of amides is 2. The highest BCUT2D eigenvalue weighted by atomic mass is 35.5. The Balaban J connectivity index is 1.92. The van der Waals surface area contributed by atoms with E-state index in [4.69, 9.17) is 16.3 Å². The molecular formula is C20H23ClN2O3S. The Morgan fingerprint density at radius 2 is 1.78 bits per heavy atom. The quantitative estimate of drug-likeness (QED) is 0.591. The molecule has 2 amide bonds. The second kappa shape index (κ2) is 10.2. The first-order chi connectivity index (χ1) is 12.9. The van der Waals surface area contributed by atoms with E-state index in [0.717, 1.165) is 17.0 Å². The summed E-state index contributed by atoms with van der Waals surface area (Å²) in [6, 6.07) is 12.6. The van der Waals surface area contributed by atoms with Gasteiger partial charge in [0.25, 0.3) is 0 Å². The maximum atomic E-state index is 12.4. The van der Waals surface area contributed by atoms with Gasteiger partial charge in [-0.1, -0.05) is 18.5 Å². The van der Waals surface area contributed by atoms with Crippen molar-refractivity contribution < 1.29 is 14.3 Å². The fourth-order valence-electron chi connectivity index (χ4n) is 2.31. The van der Waals surface area contributed by atoms with Crippen LogP contribution in [0.4, 0.5) is 11.4 Å². The number of ether oxygens (including phenoxy) is 1. The normalized spacial score (nSPS) is 11.6. The van der Waals surface area contributed by atoms with Gasteiger partial charge in [0.1, 0.15) is 5.75 Å². The third kappa shape index (κ3) is 6.48. The lowest BCUT2D eigenvalue weighted by molar-refractivity contribution is -0.116. The largest absolute Gasteiger partial charge is 0.495 e. The van der Waals surface area contributed by atoms with Crippen LogP contribution in [0.25, 0.3) is 0 Å². The zero-order valence-electron chi connectivity index (χ0n) is 15.5. The topological polar surface area (TPSA) is 67.4 Å². The molecule has 0 aliphatic rings. The number of rotatable bonds is 8. The zero-order valence-corrected chi connectivity index (χ0v) is 17.1. The van der Waals surface area contributed by atoms with Gasteiger partial charge in [-0.05, 0) is 55.8 Å². The molecule has 0 aliphatic carbocycles. The minimum Gasteiger partial charge on any atom is -0.495 e. The van der Waals surface area contributed by atoms with Crippen LogP contribution >= 0.6 is 23.4 Å². The van der Waals surface area contributed by atoms with Gasteiger partial charge in [-0.2, -0.15) is 0 Å². The van der Waals surface area contributed by atoms with E-state index in [0.29, 0.717) is 22.9 Å². The van der Waals surface area contributed by atoms with Crippen LogP contribution in [0.5, 0.6) is 5.75 Å². The van der Waals surface area contributed by atoms with Crippen molar-refractivity contribution in [3.8, 4) is 5.75 Å². The van der Waals surface area contributed by atoms with Gasteiger partial charge >= 0.3 is 0 Å². The molecule has 0 aromatic heterocycles. The molecule has 0 bridgehead atoms. The van der Waals surface area contributed by atoms with E-state index < -0.39 is 0 Å². The van der Waals surface area contributed by atoms with Crippen LogP contribution in [0.15, 0.2) is 47.4 Å². The van der Waals surface area contributed by atoms with E-state index in [1.807, 2.05) is 38.1 Å². The van der Waals surface area contributed by atoms with Gasteiger partial charge in [-0.15, -0.1) is 11.8 Å². The molecule has 0 fully saturated rings. The Hall–Kier alpha value is -2.18. The molecule has 1 atom stereocenters. The van der Waals surface area contributed by atoms with Crippen molar-refractivity contribution in [2.24, 2.45) is 0 Å². The summed E-state index contributed by atoms with van der Waals surface area (Å²) in [6.07, 6.45) is 1.31. The second-order valence-electron chi connectivity index (χ2n) is 5.92. The summed E-state index contributed by atoms with van der Waals surface area (Å²) in [6.45, 7) is 3.80. The summed E-state index contributed by atoms with van der Waals surface area (Å²) in [5.41, 5.74) is 1.37. The van der Waals surface area contributed by atoms with E-state index >= 15 is 0 Å². The fraction of sp³-hybridized carbons (Fsp3) is 0.300. The van der Waals surface area contributed by atoms with Crippen LogP contribution in [0.3, 0.4) is 0 Å². The third-order valence-electron chi connectivity index (χ3n) is 3.72. The maximum Gasteiger partial charge on any atom is 0.237 e. The van der Waals surface area contributed by atoms with E-state index in [1.54, 1.807) is 25.3 Å². The van der Waals surface area contributed by atoms with Gasteiger partial charge in [0.15, 0.2) is 0 Å². The molecule has 0 heterocycles. The van der Waals surface area contributed by atoms with Crippen molar-refractivity contribution in [2.75, 3.05) is 17.7 Å². The summed E-state index contributed by atoms with van der Waals surface area (Å²) < 4.78 is 5.10. The summed E-state index contributed by atoms with van der Waals surface area (Å²) >= 11 is 7.52. The SMILES string of the molecule is CCCC(=O)Nc1ccc(SC(C)C(=O)Nc2ccc(OC)c(Cl)c2)cc1.